The number of hydrogen-bond donors (Lipinski definition) is 2. The number of ether oxygens (including phenoxy) is 1. The second kappa shape index (κ2) is 4.27. The zero-order chi connectivity index (χ0) is 10.6. The Balaban J connectivity index is 3.33. The van der Waals surface area contributed by atoms with Crippen LogP contribution in [0.2, 0.25) is 0 Å². The van der Waals surface area contributed by atoms with Crippen LogP contribution < -0.4 is 4.74 Å². The van der Waals surface area contributed by atoms with Crippen LogP contribution in [-0.4, -0.2) is 29.9 Å². The normalized spacial score (nSPS) is 10.4. The molecule has 1 rings (SSSR count). The van der Waals surface area contributed by atoms with E-state index in [1.807, 2.05) is 0 Å². The number of rotatable bonds is 3. The lowest BCUT2D eigenvalue weighted by Crippen LogP contribution is -1.92. The van der Waals surface area contributed by atoms with E-state index in [-0.39, 0.29) is 17.1 Å². The highest BCUT2D eigenvalue weighted by molar-refractivity contribution is 5.88. The van der Waals surface area contributed by atoms with Crippen molar-refractivity contribution in [2.24, 2.45) is 5.16 Å². The van der Waals surface area contributed by atoms with Crippen LogP contribution in [0.25, 0.3) is 0 Å². The number of aromatic hydroxyl groups is 1. The molecule has 0 aliphatic heterocycles. The maximum Gasteiger partial charge on any atom is 0.166 e. The van der Waals surface area contributed by atoms with Gasteiger partial charge < -0.3 is 15.1 Å². The maximum absolute atomic E-state index is 10.5. The van der Waals surface area contributed by atoms with Crippen molar-refractivity contribution in [3.05, 3.63) is 23.3 Å². The van der Waals surface area contributed by atoms with Gasteiger partial charge in [-0.3, -0.25) is 4.79 Å². The summed E-state index contributed by atoms with van der Waals surface area (Å²) in [7, 11) is 1.36. The molecule has 0 aliphatic carbocycles. The summed E-state index contributed by atoms with van der Waals surface area (Å²) in [6, 6.07) is 2.77. The molecule has 5 heteroatoms. The van der Waals surface area contributed by atoms with Crippen LogP contribution in [0.5, 0.6) is 11.5 Å². The molecule has 0 fully saturated rings. The molecule has 1 aromatic carbocycles. The van der Waals surface area contributed by atoms with E-state index >= 15 is 0 Å². The van der Waals surface area contributed by atoms with E-state index < -0.39 is 0 Å². The van der Waals surface area contributed by atoms with Crippen molar-refractivity contribution < 1.29 is 19.8 Å². The fourth-order valence-electron chi connectivity index (χ4n) is 1.04. The van der Waals surface area contributed by atoms with Crippen LogP contribution in [0, 0.1) is 0 Å². The number of phenols is 1. The third-order valence-electron chi connectivity index (χ3n) is 1.68. The largest absolute Gasteiger partial charge is 0.504 e. The highest BCUT2D eigenvalue weighted by Gasteiger charge is 2.08. The molecule has 0 amide bonds. The first-order valence-corrected chi connectivity index (χ1v) is 3.76. The lowest BCUT2D eigenvalue weighted by molar-refractivity contribution is 0.112. The number of carbonyl (C=O) groups is 1. The van der Waals surface area contributed by atoms with Crippen molar-refractivity contribution in [1.29, 1.82) is 0 Å². The second-order valence-electron chi connectivity index (χ2n) is 2.52. The van der Waals surface area contributed by atoms with E-state index in [1.165, 1.54) is 19.2 Å². The Labute approximate surface area is 80.2 Å². The topological polar surface area (TPSA) is 79.1 Å². The van der Waals surface area contributed by atoms with Gasteiger partial charge in [-0.15, -0.1) is 0 Å². The van der Waals surface area contributed by atoms with Crippen molar-refractivity contribution in [3.63, 3.8) is 0 Å². The summed E-state index contributed by atoms with van der Waals surface area (Å²) in [6.45, 7) is 0. The zero-order valence-corrected chi connectivity index (χ0v) is 7.47. The van der Waals surface area contributed by atoms with Crippen LogP contribution in [0.15, 0.2) is 17.3 Å². The standard InChI is InChI=1S/C9H9NO4/c1-14-8-3-6(5-11)2-7(4-10-13)9(8)12/h2-5,12-13H,1H3/b10-4+. The number of methoxy groups -OCH3 is 1. The average molecular weight is 195 g/mol. The van der Waals surface area contributed by atoms with Crippen LogP contribution in [0.1, 0.15) is 15.9 Å². The summed E-state index contributed by atoms with van der Waals surface area (Å²) in [6.07, 6.45) is 1.63. The maximum atomic E-state index is 10.5. The Morgan fingerprint density at radius 3 is 2.71 bits per heavy atom. The molecule has 0 bridgehead atoms. The number of hydrogen-bond acceptors (Lipinski definition) is 5. The van der Waals surface area contributed by atoms with Gasteiger partial charge in [-0.1, -0.05) is 5.16 Å². The summed E-state index contributed by atoms with van der Waals surface area (Å²) >= 11 is 0. The highest BCUT2D eigenvalue weighted by atomic mass is 16.5. The van der Waals surface area contributed by atoms with Gasteiger partial charge >= 0.3 is 0 Å². The van der Waals surface area contributed by atoms with E-state index in [0.29, 0.717) is 11.8 Å². The van der Waals surface area contributed by atoms with Gasteiger partial charge in [0.05, 0.1) is 13.3 Å². The lowest BCUT2D eigenvalue weighted by Gasteiger charge is -2.06. The molecule has 0 radical (unpaired) electrons. The first-order chi connectivity index (χ1) is 6.72. The molecule has 5 nitrogen and oxygen atoms in total. The molecule has 0 spiro atoms. The van der Waals surface area contributed by atoms with Gasteiger partial charge in [0.25, 0.3) is 0 Å². The van der Waals surface area contributed by atoms with Crippen molar-refractivity contribution >= 4 is 12.5 Å². The Kier molecular flexibility index (Phi) is 3.06. The number of aldehydes is 1. The molecule has 74 valence electrons. The average Bonchev–Trinajstić information content (AvgIpc) is 2.21. The summed E-state index contributed by atoms with van der Waals surface area (Å²) in [5.74, 6) is -0.0135. The van der Waals surface area contributed by atoms with E-state index in [2.05, 4.69) is 5.16 Å². The van der Waals surface area contributed by atoms with Gasteiger partial charge in [-0.05, 0) is 12.1 Å². The number of phenolic OH excluding ortho intramolecular Hbond substituents is 1. The Morgan fingerprint density at radius 2 is 2.21 bits per heavy atom. The minimum atomic E-state index is -0.170. The molecule has 0 saturated carbocycles. The Bertz CT molecular complexity index is 373. The third-order valence-corrected chi connectivity index (χ3v) is 1.68. The number of oxime groups is 1. The van der Waals surface area contributed by atoms with Crippen LogP contribution in [0.3, 0.4) is 0 Å². The van der Waals surface area contributed by atoms with Crippen molar-refractivity contribution in [2.75, 3.05) is 7.11 Å². The summed E-state index contributed by atoms with van der Waals surface area (Å²) in [5, 5.41) is 20.6. The predicted molar refractivity (Wildman–Crippen MR) is 49.4 cm³/mol. The molecule has 0 aliphatic rings. The third kappa shape index (κ3) is 1.82. The molecule has 1 aromatic rings. The fraction of sp³-hybridized carbons (Fsp3) is 0.111. The molecule has 0 heterocycles. The predicted octanol–water partition coefficient (Wildman–Crippen LogP) is 1.02. The number of nitrogens with zero attached hydrogens (tertiary/aromatic N) is 1. The molecule has 0 atom stereocenters. The summed E-state index contributed by atoms with van der Waals surface area (Å²) < 4.78 is 4.82. The minimum absolute atomic E-state index is 0.157. The molecule has 0 saturated heterocycles. The van der Waals surface area contributed by atoms with Gasteiger partial charge in [0.1, 0.15) is 6.29 Å². The first-order valence-electron chi connectivity index (χ1n) is 3.76. The smallest absolute Gasteiger partial charge is 0.166 e. The molecule has 14 heavy (non-hydrogen) atoms. The minimum Gasteiger partial charge on any atom is -0.504 e. The van der Waals surface area contributed by atoms with Gasteiger partial charge in [0, 0.05) is 11.1 Å². The van der Waals surface area contributed by atoms with Crippen LogP contribution >= 0.6 is 0 Å². The molecule has 0 unspecified atom stereocenters. The van der Waals surface area contributed by atoms with Gasteiger partial charge in [-0.2, -0.15) is 0 Å². The Morgan fingerprint density at radius 1 is 1.50 bits per heavy atom. The van der Waals surface area contributed by atoms with Crippen molar-refractivity contribution in [2.45, 2.75) is 0 Å². The number of benzene rings is 1. The molecule has 2 N–H and O–H groups in total. The van der Waals surface area contributed by atoms with Crippen LogP contribution in [0.4, 0.5) is 0 Å². The van der Waals surface area contributed by atoms with Gasteiger partial charge in [0.15, 0.2) is 11.5 Å². The fourth-order valence-corrected chi connectivity index (χ4v) is 1.04. The molecular weight excluding hydrogens is 186 g/mol. The Hall–Kier alpha value is -2.04. The van der Waals surface area contributed by atoms with Crippen LogP contribution in [-0.2, 0) is 0 Å². The monoisotopic (exact) mass is 195 g/mol. The van der Waals surface area contributed by atoms with Gasteiger partial charge in [0.2, 0.25) is 0 Å². The number of carbonyl (C=O) groups excluding carboxylic acids is 1. The van der Waals surface area contributed by atoms with E-state index in [9.17, 15) is 9.90 Å². The zero-order valence-electron chi connectivity index (χ0n) is 7.47. The molecule has 0 aromatic heterocycles. The quantitative estimate of drug-likeness (QED) is 0.326. The highest BCUT2D eigenvalue weighted by Crippen LogP contribution is 2.29. The molecular formula is C9H9NO4. The van der Waals surface area contributed by atoms with E-state index in [4.69, 9.17) is 9.94 Å². The lowest BCUT2D eigenvalue weighted by atomic mass is 10.1. The first kappa shape index (κ1) is 10.0. The van der Waals surface area contributed by atoms with E-state index in [0.717, 1.165) is 6.21 Å². The summed E-state index contributed by atoms with van der Waals surface area (Å²) in [5.41, 5.74) is 0.545. The second-order valence-corrected chi connectivity index (χ2v) is 2.52. The van der Waals surface area contributed by atoms with Crippen molar-refractivity contribution in [3.8, 4) is 11.5 Å². The van der Waals surface area contributed by atoms with Gasteiger partial charge in [-0.25, -0.2) is 0 Å². The SMILES string of the molecule is COc1cc(C=O)cc(/C=N/O)c1O. The summed E-state index contributed by atoms with van der Waals surface area (Å²) in [4.78, 5) is 10.5. The van der Waals surface area contributed by atoms with E-state index in [1.54, 1.807) is 0 Å². The van der Waals surface area contributed by atoms with Crippen molar-refractivity contribution in [1.82, 2.24) is 0 Å².